The molecule has 2 aliphatic carbocycles. The van der Waals surface area contributed by atoms with Gasteiger partial charge in [-0.2, -0.15) is 0 Å². The van der Waals surface area contributed by atoms with Gasteiger partial charge in [0.15, 0.2) is 0 Å². The maximum Gasteiger partial charge on any atom is 0.0605 e. The van der Waals surface area contributed by atoms with Crippen LogP contribution < -0.4 is 0 Å². The predicted octanol–water partition coefficient (Wildman–Crippen LogP) is 2.21. The predicted molar refractivity (Wildman–Crippen MR) is 40.9 cm³/mol. The molecule has 2 fully saturated rings. The number of rotatable bonds is 2. The molecule has 0 saturated heterocycles. The fourth-order valence-corrected chi connectivity index (χ4v) is 2.60. The Morgan fingerprint density at radius 2 is 2.20 bits per heavy atom. The zero-order valence-corrected chi connectivity index (χ0v) is 6.68. The second-order valence-corrected chi connectivity index (χ2v) is 3.67. The van der Waals surface area contributed by atoms with Crippen molar-refractivity contribution in [2.24, 2.45) is 11.8 Å². The highest BCUT2D eigenvalue weighted by Crippen LogP contribution is 2.45. The summed E-state index contributed by atoms with van der Waals surface area (Å²) in [5, 5.41) is 0. The van der Waals surface area contributed by atoms with Gasteiger partial charge in [-0.25, -0.2) is 0 Å². The highest BCUT2D eigenvalue weighted by atomic mass is 16.5. The SMILES string of the molecule is CCOC1CC2CC[C@H]1C2. The van der Waals surface area contributed by atoms with Gasteiger partial charge >= 0.3 is 0 Å². The highest BCUT2D eigenvalue weighted by molar-refractivity contribution is 4.90. The molecule has 0 aromatic heterocycles. The lowest BCUT2D eigenvalue weighted by Gasteiger charge is -2.20. The Morgan fingerprint density at radius 3 is 2.70 bits per heavy atom. The average molecular weight is 140 g/mol. The molecule has 2 aliphatic rings. The van der Waals surface area contributed by atoms with Crippen LogP contribution in [0.2, 0.25) is 0 Å². The molecule has 58 valence electrons. The van der Waals surface area contributed by atoms with Gasteiger partial charge in [-0.1, -0.05) is 0 Å². The first-order chi connectivity index (χ1) is 4.90. The van der Waals surface area contributed by atoms with Crippen LogP contribution in [-0.4, -0.2) is 12.7 Å². The monoisotopic (exact) mass is 140 g/mol. The van der Waals surface area contributed by atoms with Gasteiger partial charge in [-0.3, -0.25) is 0 Å². The van der Waals surface area contributed by atoms with Crippen LogP contribution in [0, 0.1) is 11.8 Å². The Labute approximate surface area is 62.8 Å². The van der Waals surface area contributed by atoms with Crippen LogP contribution in [0.1, 0.15) is 32.6 Å². The van der Waals surface area contributed by atoms with Crippen LogP contribution in [0.4, 0.5) is 0 Å². The van der Waals surface area contributed by atoms with Gasteiger partial charge in [0.1, 0.15) is 0 Å². The zero-order valence-electron chi connectivity index (χ0n) is 6.68. The second-order valence-electron chi connectivity index (χ2n) is 3.67. The molecular formula is C9H16O. The van der Waals surface area contributed by atoms with Crippen LogP contribution in [-0.2, 0) is 4.74 Å². The van der Waals surface area contributed by atoms with Crippen molar-refractivity contribution in [3.63, 3.8) is 0 Å². The van der Waals surface area contributed by atoms with Gasteiger partial charge in [-0.05, 0) is 44.4 Å². The zero-order chi connectivity index (χ0) is 6.97. The van der Waals surface area contributed by atoms with E-state index >= 15 is 0 Å². The summed E-state index contributed by atoms with van der Waals surface area (Å²) >= 11 is 0. The minimum Gasteiger partial charge on any atom is -0.378 e. The summed E-state index contributed by atoms with van der Waals surface area (Å²) in [4.78, 5) is 0. The molecule has 0 aliphatic heterocycles. The summed E-state index contributed by atoms with van der Waals surface area (Å²) in [6, 6.07) is 0. The van der Waals surface area contributed by atoms with Crippen LogP contribution >= 0.6 is 0 Å². The van der Waals surface area contributed by atoms with Gasteiger partial charge in [-0.15, -0.1) is 0 Å². The lowest BCUT2D eigenvalue weighted by atomic mass is 9.98. The van der Waals surface area contributed by atoms with E-state index < -0.39 is 0 Å². The van der Waals surface area contributed by atoms with Gasteiger partial charge in [0.2, 0.25) is 0 Å². The van der Waals surface area contributed by atoms with Crippen molar-refractivity contribution in [3.8, 4) is 0 Å². The summed E-state index contributed by atoms with van der Waals surface area (Å²) in [7, 11) is 0. The summed E-state index contributed by atoms with van der Waals surface area (Å²) in [5.74, 6) is 1.96. The molecule has 2 rings (SSSR count). The third-order valence-corrected chi connectivity index (χ3v) is 3.05. The summed E-state index contributed by atoms with van der Waals surface area (Å²) in [6.07, 6.45) is 6.39. The van der Waals surface area contributed by atoms with Crippen molar-refractivity contribution in [2.75, 3.05) is 6.61 Å². The molecule has 0 aromatic rings. The molecule has 0 radical (unpaired) electrons. The molecule has 2 unspecified atom stereocenters. The van der Waals surface area contributed by atoms with Crippen LogP contribution in [0.15, 0.2) is 0 Å². The van der Waals surface area contributed by atoms with Gasteiger partial charge in [0.25, 0.3) is 0 Å². The molecule has 3 atom stereocenters. The van der Waals surface area contributed by atoms with Crippen LogP contribution in [0.25, 0.3) is 0 Å². The number of hydrogen-bond donors (Lipinski definition) is 0. The van der Waals surface area contributed by atoms with Crippen LogP contribution in [0.3, 0.4) is 0 Å². The van der Waals surface area contributed by atoms with Crippen molar-refractivity contribution < 1.29 is 4.74 Å². The standard InChI is InChI=1S/C9H16O/c1-2-10-9-6-7-3-4-8(9)5-7/h7-9H,2-6H2,1H3/t7?,8-,9?/m0/s1. The van der Waals surface area contributed by atoms with E-state index in [0.29, 0.717) is 6.10 Å². The van der Waals surface area contributed by atoms with E-state index in [1.807, 2.05) is 0 Å². The minimum absolute atomic E-state index is 0.642. The first-order valence-corrected chi connectivity index (χ1v) is 4.51. The first-order valence-electron chi connectivity index (χ1n) is 4.51. The molecule has 2 bridgehead atoms. The maximum atomic E-state index is 5.64. The Kier molecular flexibility index (Phi) is 1.69. The van der Waals surface area contributed by atoms with E-state index in [9.17, 15) is 0 Å². The quantitative estimate of drug-likeness (QED) is 0.571. The smallest absolute Gasteiger partial charge is 0.0605 e. The van der Waals surface area contributed by atoms with Crippen molar-refractivity contribution in [1.29, 1.82) is 0 Å². The first kappa shape index (κ1) is 6.66. The van der Waals surface area contributed by atoms with E-state index in [1.54, 1.807) is 0 Å². The third kappa shape index (κ3) is 0.968. The number of hydrogen-bond acceptors (Lipinski definition) is 1. The topological polar surface area (TPSA) is 9.23 Å². The van der Waals surface area contributed by atoms with Crippen molar-refractivity contribution in [1.82, 2.24) is 0 Å². The molecule has 0 aromatic carbocycles. The molecule has 1 nitrogen and oxygen atoms in total. The van der Waals surface area contributed by atoms with Gasteiger partial charge in [0.05, 0.1) is 6.10 Å². The highest BCUT2D eigenvalue weighted by Gasteiger charge is 2.39. The van der Waals surface area contributed by atoms with E-state index in [4.69, 9.17) is 4.74 Å². The number of fused-ring (bicyclic) bond motifs is 2. The second kappa shape index (κ2) is 2.54. The average Bonchev–Trinajstić information content (AvgIpc) is 2.48. The van der Waals surface area contributed by atoms with E-state index in [0.717, 1.165) is 18.4 Å². The summed E-state index contributed by atoms with van der Waals surface area (Å²) < 4.78 is 5.64. The molecule has 1 heteroatoms. The maximum absolute atomic E-state index is 5.64. The fourth-order valence-electron chi connectivity index (χ4n) is 2.60. The van der Waals surface area contributed by atoms with Gasteiger partial charge < -0.3 is 4.74 Å². The summed E-state index contributed by atoms with van der Waals surface area (Å²) in [5.41, 5.74) is 0. The molecule has 0 N–H and O–H groups in total. The Hall–Kier alpha value is -0.0400. The Morgan fingerprint density at radius 1 is 1.30 bits per heavy atom. The van der Waals surface area contributed by atoms with Gasteiger partial charge in [0, 0.05) is 6.61 Å². The summed E-state index contributed by atoms with van der Waals surface area (Å²) in [6.45, 7) is 3.01. The molecule has 10 heavy (non-hydrogen) atoms. The van der Waals surface area contributed by atoms with Crippen LogP contribution in [0.5, 0.6) is 0 Å². The molecule has 0 heterocycles. The molecule has 2 saturated carbocycles. The van der Waals surface area contributed by atoms with Crippen molar-refractivity contribution in [2.45, 2.75) is 38.7 Å². The third-order valence-electron chi connectivity index (χ3n) is 3.05. The lowest BCUT2D eigenvalue weighted by Crippen LogP contribution is -2.19. The lowest BCUT2D eigenvalue weighted by molar-refractivity contribution is 0.0245. The van der Waals surface area contributed by atoms with E-state index in [1.165, 1.54) is 25.7 Å². The normalized spacial score (nSPS) is 44.7. The van der Waals surface area contributed by atoms with Crippen molar-refractivity contribution in [3.05, 3.63) is 0 Å². The fraction of sp³-hybridized carbons (Fsp3) is 1.00. The largest absolute Gasteiger partial charge is 0.378 e. The number of ether oxygens (including phenoxy) is 1. The molecule has 0 spiro atoms. The minimum atomic E-state index is 0.642. The van der Waals surface area contributed by atoms with E-state index in [-0.39, 0.29) is 0 Å². The molecular weight excluding hydrogens is 124 g/mol. The van der Waals surface area contributed by atoms with E-state index in [2.05, 4.69) is 6.92 Å². The molecule has 0 amide bonds. The Bertz CT molecular complexity index is 122. The Balaban J connectivity index is 1.90. The van der Waals surface area contributed by atoms with Crippen molar-refractivity contribution >= 4 is 0 Å².